The van der Waals surface area contributed by atoms with Gasteiger partial charge in [0.25, 0.3) is 0 Å². The molecule has 2 atom stereocenters. The third-order valence-corrected chi connectivity index (χ3v) is 3.03. The summed E-state index contributed by atoms with van der Waals surface area (Å²) < 4.78 is 76.3. The minimum absolute atomic E-state index is 0. The molecule has 0 aliphatic rings. The van der Waals surface area contributed by atoms with Gasteiger partial charge in [-0.3, -0.25) is 0 Å². The van der Waals surface area contributed by atoms with Gasteiger partial charge in [-0.25, -0.2) is 0 Å². The van der Waals surface area contributed by atoms with Crippen molar-refractivity contribution in [3.05, 3.63) is 34.9 Å². The number of benzene rings is 1. The fourth-order valence-corrected chi connectivity index (χ4v) is 2.13. The Balaban J connectivity index is 0.00000441. The number of rotatable bonds is 3. The molecule has 2 nitrogen and oxygen atoms in total. The first-order valence-electron chi connectivity index (χ1n) is 5.99. The maximum atomic E-state index is 12.7. The van der Waals surface area contributed by atoms with Crippen LogP contribution in [0.4, 0.5) is 26.3 Å². The van der Waals surface area contributed by atoms with Crippen LogP contribution in [-0.4, -0.2) is 22.4 Å². The van der Waals surface area contributed by atoms with Crippen LogP contribution >= 0.6 is 0 Å². The van der Waals surface area contributed by atoms with E-state index >= 15 is 0 Å². The van der Waals surface area contributed by atoms with Crippen molar-refractivity contribution >= 4 is 0 Å². The molecule has 0 fully saturated rings. The zero-order valence-corrected chi connectivity index (χ0v) is 12.4. The van der Waals surface area contributed by atoms with Crippen LogP contribution in [0, 0.1) is 0 Å². The number of hydrogen-bond acceptors (Lipinski definition) is 2. The molecule has 0 heterocycles. The van der Waals surface area contributed by atoms with E-state index in [0.29, 0.717) is 12.1 Å². The van der Waals surface area contributed by atoms with E-state index in [0.717, 1.165) is 0 Å². The predicted molar refractivity (Wildman–Crippen MR) is 62.5 cm³/mol. The largest absolute Gasteiger partial charge is 0.416 e. The van der Waals surface area contributed by atoms with Crippen molar-refractivity contribution in [2.45, 2.75) is 44.3 Å². The van der Waals surface area contributed by atoms with Gasteiger partial charge >= 0.3 is 12.4 Å². The normalized spacial score (nSPS) is 16.6. The Labute approximate surface area is 133 Å². The minimum atomic E-state index is -4.96. The van der Waals surface area contributed by atoms with Crippen molar-refractivity contribution < 1.29 is 53.6 Å². The van der Waals surface area contributed by atoms with E-state index in [1.165, 1.54) is 13.8 Å². The van der Waals surface area contributed by atoms with Gasteiger partial charge in [0.2, 0.25) is 0 Å². The molecule has 0 saturated heterocycles. The second-order valence-corrected chi connectivity index (χ2v) is 4.85. The third kappa shape index (κ3) is 5.15. The van der Waals surface area contributed by atoms with Gasteiger partial charge in [-0.15, -0.1) is 0 Å². The van der Waals surface area contributed by atoms with Crippen molar-refractivity contribution in [2.24, 2.45) is 0 Å². The monoisotopic (exact) mass is 379 g/mol. The molecule has 1 aromatic rings. The summed E-state index contributed by atoms with van der Waals surface area (Å²) in [5.74, 6) is -1.26. The van der Waals surface area contributed by atoms with Gasteiger partial charge in [0.05, 0.1) is 23.3 Å². The molecule has 0 aromatic heterocycles. The fraction of sp³-hybridized carbons (Fsp3) is 0.538. The second kappa shape index (κ2) is 7.21. The van der Waals surface area contributed by atoms with E-state index in [4.69, 9.17) is 0 Å². The summed E-state index contributed by atoms with van der Waals surface area (Å²) in [6.07, 6.45) is -12.5. The summed E-state index contributed by atoms with van der Waals surface area (Å²) >= 11 is 0. The molecule has 0 aliphatic heterocycles. The van der Waals surface area contributed by atoms with Crippen molar-refractivity contribution in [1.29, 1.82) is 0 Å². The minimum Gasteiger partial charge on any atom is -0.393 e. The Morgan fingerprint density at radius 2 is 1.09 bits per heavy atom. The van der Waals surface area contributed by atoms with E-state index in [1.54, 1.807) is 0 Å². The van der Waals surface area contributed by atoms with Crippen LogP contribution in [0.15, 0.2) is 18.2 Å². The standard InChI is InChI=1S/C13H14F6O2.Cu/c1-6(20)11(7(2)21)8-3-9(12(14,15)16)5-10(4-8)13(17,18)19;/h3-7,11,20-21H,1-2H3;. The smallest absolute Gasteiger partial charge is 0.393 e. The van der Waals surface area contributed by atoms with Gasteiger partial charge in [0, 0.05) is 23.0 Å². The Hall–Kier alpha value is -0.761. The molecular weight excluding hydrogens is 366 g/mol. The van der Waals surface area contributed by atoms with Gasteiger partial charge in [-0.2, -0.15) is 26.3 Å². The van der Waals surface area contributed by atoms with Crippen LogP contribution in [-0.2, 0) is 29.4 Å². The molecule has 131 valence electrons. The first kappa shape index (κ1) is 21.2. The molecule has 2 N–H and O–H groups in total. The summed E-state index contributed by atoms with van der Waals surface area (Å²) in [6, 6.07) is 1.03. The van der Waals surface area contributed by atoms with Crippen LogP contribution < -0.4 is 0 Å². The van der Waals surface area contributed by atoms with Gasteiger partial charge < -0.3 is 10.2 Å². The quantitative estimate of drug-likeness (QED) is 0.622. The number of alkyl halides is 6. The first-order valence-corrected chi connectivity index (χ1v) is 5.99. The van der Waals surface area contributed by atoms with Crippen LogP contribution in [0.25, 0.3) is 0 Å². The Morgan fingerprint density at radius 1 is 0.773 bits per heavy atom. The maximum absolute atomic E-state index is 12.7. The van der Waals surface area contributed by atoms with Gasteiger partial charge in [0.1, 0.15) is 0 Å². The Kier molecular flexibility index (Phi) is 6.96. The van der Waals surface area contributed by atoms with Crippen molar-refractivity contribution in [3.63, 3.8) is 0 Å². The molecule has 1 aromatic carbocycles. The summed E-state index contributed by atoms with van der Waals surface area (Å²) in [6.45, 7) is 2.37. The molecule has 9 heteroatoms. The zero-order valence-electron chi connectivity index (χ0n) is 11.4. The van der Waals surface area contributed by atoms with Gasteiger partial charge in [-0.1, -0.05) is 0 Å². The average Bonchev–Trinajstić information content (AvgIpc) is 2.25. The Bertz CT molecular complexity index is 456. The molecule has 0 saturated carbocycles. The summed E-state index contributed by atoms with van der Waals surface area (Å²) in [5, 5.41) is 19.0. The molecule has 0 amide bonds. The van der Waals surface area contributed by atoms with E-state index in [9.17, 15) is 36.6 Å². The molecule has 0 spiro atoms. The topological polar surface area (TPSA) is 40.5 Å². The summed E-state index contributed by atoms with van der Waals surface area (Å²) in [5.41, 5.74) is -3.36. The van der Waals surface area contributed by atoms with E-state index in [2.05, 4.69) is 0 Å². The average molecular weight is 380 g/mol. The molecule has 1 radical (unpaired) electrons. The first-order chi connectivity index (χ1) is 9.34. The van der Waals surface area contributed by atoms with Crippen molar-refractivity contribution in [2.75, 3.05) is 0 Å². The fourth-order valence-electron chi connectivity index (χ4n) is 2.13. The molecule has 0 bridgehead atoms. The number of aliphatic hydroxyl groups excluding tert-OH is 2. The number of aliphatic hydroxyl groups is 2. The van der Waals surface area contributed by atoms with Crippen molar-refractivity contribution in [3.8, 4) is 0 Å². The molecular formula is C13H14CuF6O2. The predicted octanol–water partition coefficient (Wildman–Crippen LogP) is 3.57. The third-order valence-electron chi connectivity index (χ3n) is 3.03. The number of hydrogen-bond donors (Lipinski definition) is 2. The second-order valence-electron chi connectivity index (χ2n) is 4.85. The van der Waals surface area contributed by atoms with E-state index < -0.39 is 47.2 Å². The Morgan fingerprint density at radius 3 is 1.32 bits per heavy atom. The summed E-state index contributed by atoms with van der Waals surface area (Å²) in [7, 11) is 0. The zero-order chi connectivity index (χ0) is 16.6. The summed E-state index contributed by atoms with van der Waals surface area (Å²) in [4.78, 5) is 0. The maximum Gasteiger partial charge on any atom is 0.416 e. The number of halogens is 6. The molecule has 2 unspecified atom stereocenters. The van der Waals surface area contributed by atoms with Crippen LogP contribution in [0.1, 0.15) is 36.5 Å². The molecule has 1 rings (SSSR count). The van der Waals surface area contributed by atoms with Crippen LogP contribution in [0.3, 0.4) is 0 Å². The van der Waals surface area contributed by atoms with Gasteiger partial charge in [0.15, 0.2) is 0 Å². The SMILES string of the molecule is CC(O)C(c1cc(C(F)(F)F)cc(C(F)(F)F)c1)C(C)O.[Cu]. The van der Waals surface area contributed by atoms with Gasteiger partial charge in [-0.05, 0) is 37.6 Å². The van der Waals surface area contributed by atoms with E-state index in [-0.39, 0.29) is 23.1 Å². The van der Waals surface area contributed by atoms with E-state index in [1.807, 2.05) is 0 Å². The van der Waals surface area contributed by atoms with Crippen LogP contribution in [0.2, 0.25) is 0 Å². The molecule has 0 aliphatic carbocycles. The van der Waals surface area contributed by atoms with Crippen LogP contribution in [0.5, 0.6) is 0 Å². The molecule has 22 heavy (non-hydrogen) atoms. The van der Waals surface area contributed by atoms with Crippen molar-refractivity contribution in [1.82, 2.24) is 0 Å².